The van der Waals surface area contributed by atoms with Crippen molar-refractivity contribution < 1.29 is 13.8 Å². The van der Waals surface area contributed by atoms with Gasteiger partial charge in [-0.05, 0) is 39.2 Å². The van der Waals surface area contributed by atoms with Gasteiger partial charge in [0.15, 0.2) is 0 Å². The van der Waals surface area contributed by atoms with Crippen molar-refractivity contribution in [2.45, 2.75) is 5.60 Å². The van der Waals surface area contributed by atoms with E-state index in [9.17, 15) is 4.57 Å². The number of hydrogen-bond acceptors (Lipinski definition) is 3. The molecule has 0 atom stereocenters. The van der Waals surface area contributed by atoms with Crippen molar-refractivity contribution in [2.24, 2.45) is 0 Å². The zero-order chi connectivity index (χ0) is 19.2. The molecule has 0 heterocycles. The molecule has 140 valence electrons. The Labute approximate surface area is 168 Å². The highest BCUT2D eigenvalue weighted by atomic mass is 35.9. The highest BCUT2D eigenvalue weighted by Crippen LogP contribution is 2.57. The Morgan fingerprint density at radius 3 is 1.37 bits per heavy atom. The highest BCUT2D eigenvalue weighted by Gasteiger charge is 2.37. The molecular weight excluding hydrogens is 402 g/mol. The quantitative estimate of drug-likeness (QED) is 0.234. The van der Waals surface area contributed by atoms with Crippen LogP contribution in [0, 0.1) is 0 Å². The lowest BCUT2D eigenvalue weighted by atomic mass is 9.80. The molecule has 0 fully saturated rings. The van der Waals surface area contributed by atoms with E-state index in [4.69, 9.17) is 31.7 Å². The van der Waals surface area contributed by atoms with E-state index in [1.54, 1.807) is 0 Å². The van der Waals surface area contributed by atoms with Gasteiger partial charge in [-0.2, -0.15) is 0 Å². The lowest BCUT2D eigenvalue weighted by Crippen LogP contribution is -2.34. The zero-order valence-corrected chi connectivity index (χ0v) is 16.9. The zero-order valence-electron chi connectivity index (χ0n) is 14.5. The summed E-state index contributed by atoms with van der Waals surface area (Å²) in [5.74, 6) is 0. The van der Waals surface area contributed by atoms with Crippen LogP contribution in [0.3, 0.4) is 0 Å². The summed E-state index contributed by atoms with van der Waals surface area (Å²) in [6.45, 7) is 0.167. The molecule has 3 aromatic rings. The Hall–Kier alpha value is -1.61. The van der Waals surface area contributed by atoms with E-state index in [1.807, 2.05) is 91.0 Å². The first kappa shape index (κ1) is 20.1. The molecule has 0 radical (unpaired) electrons. The highest BCUT2D eigenvalue weighted by molar-refractivity contribution is 8.05. The van der Waals surface area contributed by atoms with Crippen LogP contribution in [-0.2, 0) is 19.4 Å². The molecule has 0 spiro atoms. The second-order valence-corrected chi connectivity index (χ2v) is 10.2. The van der Waals surface area contributed by atoms with Crippen LogP contribution in [0.4, 0.5) is 0 Å². The van der Waals surface area contributed by atoms with Gasteiger partial charge in [-0.3, -0.25) is 4.57 Å². The van der Waals surface area contributed by atoms with E-state index in [0.717, 1.165) is 16.7 Å². The van der Waals surface area contributed by atoms with Gasteiger partial charge in [-0.15, -0.1) is 0 Å². The van der Waals surface area contributed by atoms with Gasteiger partial charge in [0.2, 0.25) is 0 Å². The van der Waals surface area contributed by atoms with Crippen molar-refractivity contribution in [2.75, 3.05) is 13.2 Å². The van der Waals surface area contributed by atoms with E-state index >= 15 is 0 Å². The number of rotatable bonds is 8. The van der Waals surface area contributed by atoms with Crippen LogP contribution in [0.2, 0.25) is 0 Å². The molecule has 0 bridgehead atoms. The van der Waals surface area contributed by atoms with Gasteiger partial charge in [-0.25, -0.2) is 0 Å². The summed E-state index contributed by atoms with van der Waals surface area (Å²) in [7, 11) is 0. The van der Waals surface area contributed by atoms with Gasteiger partial charge in [0.25, 0.3) is 0 Å². The average Bonchev–Trinajstić information content (AvgIpc) is 2.70. The van der Waals surface area contributed by atoms with E-state index in [0.29, 0.717) is 0 Å². The van der Waals surface area contributed by atoms with Crippen LogP contribution in [0.1, 0.15) is 16.7 Å². The first-order valence-corrected chi connectivity index (χ1v) is 11.9. The number of benzene rings is 3. The van der Waals surface area contributed by atoms with Crippen molar-refractivity contribution in [3.8, 4) is 0 Å². The predicted octanol–water partition coefficient (Wildman–Crippen LogP) is 6.60. The van der Waals surface area contributed by atoms with Crippen LogP contribution >= 0.6 is 28.6 Å². The molecule has 27 heavy (non-hydrogen) atoms. The maximum absolute atomic E-state index is 11.4. The van der Waals surface area contributed by atoms with Crippen LogP contribution in [0.25, 0.3) is 0 Å². The van der Waals surface area contributed by atoms with E-state index < -0.39 is 11.7 Å². The van der Waals surface area contributed by atoms with Gasteiger partial charge in [0, 0.05) is 0 Å². The maximum atomic E-state index is 11.4. The topological polar surface area (TPSA) is 35.5 Å². The third-order valence-electron chi connectivity index (χ3n) is 4.18. The Kier molecular flexibility index (Phi) is 6.75. The summed E-state index contributed by atoms with van der Waals surface area (Å²) in [5, 5.41) is 0. The summed E-state index contributed by atoms with van der Waals surface area (Å²) in [4.78, 5) is 0. The lowest BCUT2D eigenvalue weighted by molar-refractivity contribution is -0.00123. The smallest absolute Gasteiger partial charge is 0.358 e. The molecule has 3 nitrogen and oxygen atoms in total. The lowest BCUT2D eigenvalue weighted by Gasteiger charge is -2.36. The summed E-state index contributed by atoms with van der Waals surface area (Å²) in [5.41, 5.74) is 2.07. The van der Waals surface area contributed by atoms with Crippen molar-refractivity contribution in [3.63, 3.8) is 0 Å². The van der Waals surface area contributed by atoms with Crippen LogP contribution in [-0.4, -0.2) is 13.2 Å². The second kappa shape index (κ2) is 9.05. The van der Waals surface area contributed by atoms with Crippen molar-refractivity contribution in [1.82, 2.24) is 0 Å². The summed E-state index contributed by atoms with van der Waals surface area (Å²) >= 11 is 11.0. The van der Waals surface area contributed by atoms with Gasteiger partial charge in [-0.1, -0.05) is 91.0 Å². The van der Waals surface area contributed by atoms with Crippen LogP contribution in [0.5, 0.6) is 0 Å². The molecule has 3 aromatic carbocycles. The molecule has 0 saturated heterocycles. The number of ether oxygens (including phenoxy) is 1. The Bertz CT molecular complexity index is 786. The van der Waals surface area contributed by atoms with Crippen molar-refractivity contribution in [3.05, 3.63) is 108 Å². The normalized spacial score (nSPS) is 12.1. The van der Waals surface area contributed by atoms with E-state index in [1.165, 1.54) is 0 Å². The minimum Gasteiger partial charge on any atom is -0.358 e. The summed E-state index contributed by atoms with van der Waals surface area (Å²) in [6.07, 6.45) is -3.60. The predicted molar refractivity (Wildman–Crippen MR) is 110 cm³/mol. The van der Waals surface area contributed by atoms with Crippen LogP contribution < -0.4 is 0 Å². The van der Waals surface area contributed by atoms with Gasteiger partial charge in [0.05, 0.1) is 13.2 Å². The Morgan fingerprint density at radius 2 is 1.04 bits per heavy atom. The fraction of sp³-hybridized carbons (Fsp3) is 0.143. The second-order valence-electron chi connectivity index (χ2n) is 5.88. The number of halogens is 2. The molecule has 0 aromatic heterocycles. The molecule has 0 aliphatic carbocycles. The SMILES string of the molecule is O=P(Cl)(Cl)OCCOC(c1ccccc1)(c1ccccc1)c1ccccc1. The fourth-order valence-corrected chi connectivity index (χ4v) is 3.81. The van der Waals surface area contributed by atoms with E-state index in [-0.39, 0.29) is 13.2 Å². The third-order valence-corrected chi connectivity index (χ3v) is 5.25. The molecule has 0 unspecified atom stereocenters. The van der Waals surface area contributed by atoms with Crippen molar-refractivity contribution >= 4 is 28.6 Å². The molecule has 6 heteroatoms. The fourth-order valence-electron chi connectivity index (χ4n) is 3.11. The van der Waals surface area contributed by atoms with Crippen molar-refractivity contribution in [1.29, 1.82) is 0 Å². The molecule has 0 saturated carbocycles. The first-order chi connectivity index (χ1) is 13.0. The summed E-state index contributed by atoms with van der Waals surface area (Å²) < 4.78 is 22.8. The van der Waals surface area contributed by atoms with Gasteiger partial charge in [0.1, 0.15) is 5.60 Å². The Balaban J connectivity index is 2.07. The average molecular weight is 421 g/mol. The maximum Gasteiger partial charge on any atom is 0.380 e. The molecule has 0 aliphatic heterocycles. The summed E-state index contributed by atoms with van der Waals surface area (Å²) in [6, 6.07) is 29.9. The first-order valence-electron chi connectivity index (χ1n) is 8.47. The molecular formula is C21H19Cl2O3P. The monoisotopic (exact) mass is 420 g/mol. The van der Waals surface area contributed by atoms with Gasteiger partial charge < -0.3 is 9.26 Å². The van der Waals surface area contributed by atoms with E-state index in [2.05, 4.69) is 0 Å². The Morgan fingerprint density at radius 1 is 0.667 bits per heavy atom. The minimum atomic E-state index is -3.60. The standard InChI is InChI=1S/C21H19Cl2O3P/c22-27(23,24)26-17-16-25-21(18-10-4-1-5-11-18,19-12-6-2-7-13-19)20-14-8-3-9-15-20/h1-15H,16-17H2. The van der Waals surface area contributed by atoms with Gasteiger partial charge >= 0.3 is 6.07 Å². The molecule has 0 amide bonds. The minimum absolute atomic E-state index is 0.0124. The molecule has 0 N–H and O–H groups in total. The molecule has 0 aliphatic rings. The van der Waals surface area contributed by atoms with Crippen LogP contribution in [0.15, 0.2) is 91.0 Å². The largest absolute Gasteiger partial charge is 0.380 e. The number of hydrogen-bond donors (Lipinski definition) is 0. The molecule has 3 rings (SSSR count). The third kappa shape index (κ3) is 5.01.